The lowest BCUT2D eigenvalue weighted by atomic mass is 10.1. The van der Waals surface area contributed by atoms with Crippen molar-refractivity contribution in [3.05, 3.63) is 0 Å². The van der Waals surface area contributed by atoms with Crippen LogP contribution in [0.3, 0.4) is 0 Å². The first-order valence-corrected chi connectivity index (χ1v) is 8.78. The Hall–Kier alpha value is -1.09. The first-order chi connectivity index (χ1) is 9.42. The van der Waals surface area contributed by atoms with Gasteiger partial charge in [0, 0.05) is 0 Å². The molecule has 0 fully saturated rings. The van der Waals surface area contributed by atoms with Gasteiger partial charge in [0.2, 0.25) is 5.91 Å². The molecule has 116 valence electrons. The van der Waals surface area contributed by atoms with E-state index in [0.29, 0.717) is 24.3 Å². The Morgan fingerprint density at radius 3 is 1.95 bits per heavy atom. The maximum atomic E-state index is 12.0. The third-order valence-electron chi connectivity index (χ3n) is 2.47. The number of carbonyl (C=O) groups excluding carboxylic acids is 2. The van der Waals surface area contributed by atoms with E-state index in [4.69, 9.17) is 10.8 Å². The molecule has 0 saturated heterocycles. The molecule has 0 spiro atoms. The number of rotatable bonds is 10. The molecule has 0 bridgehead atoms. The lowest BCUT2D eigenvalue weighted by molar-refractivity contribution is -0.142. The molecule has 0 aliphatic heterocycles. The van der Waals surface area contributed by atoms with Crippen LogP contribution in [0.1, 0.15) is 12.8 Å². The molecule has 0 radical (unpaired) electrons. The molecule has 3 amide bonds. The molecule has 0 aromatic carbocycles. The molecule has 0 aliphatic carbocycles. The first kappa shape index (κ1) is 18.9. The van der Waals surface area contributed by atoms with E-state index in [0.717, 1.165) is 0 Å². The van der Waals surface area contributed by atoms with E-state index in [1.165, 1.54) is 23.5 Å². The predicted molar refractivity (Wildman–Crippen MR) is 82.1 cm³/mol. The number of carboxylic acids is 1. The minimum absolute atomic E-state index is 0.327. The van der Waals surface area contributed by atoms with E-state index < -0.39 is 30.0 Å². The fourth-order valence-corrected chi connectivity index (χ4v) is 2.38. The van der Waals surface area contributed by atoms with Crippen LogP contribution in [-0.4, -0.2) is 59.1 Å². The van der Waals surface area contributed by atoms with Crippen molar-refractivity contribution < 1.29 is 19.5 Å². The van der Waals surface area contributed by atoms with Crippen LogP contribution in [-0.2, 0) is 9.59 Å². The van der Waals surface area contributed by atoms with Crippen LogP contribution < -0.4 is 16.4 Å². The van der Waals surface area contributed by atoms with E-state index in [-0.39, 0.29) is 0 Å². The zero-order valence-electron chi connectivity index (χ0n) is 11.5. The van der Waals surface area contributed by atoms with Gasteiger partial charge in [-0.25, -0.2) is 9.59 Å². The fraction of sp³-hybridized carbons (Fsp3) is 0.727. The van der Waals surface area contributed by atoms with Gasteiger partial charge in [0.15, 0.2) is 0 Å². The molecule has 0 aliphatic rings. The number of carbonyl (C=O) groups is 3. The van der Waals surface area contributed by atoms with Crippen molar-refractivity contribution in [3.8, 4) is 0 Å². The summed E-state index contributed by atoms with van der Waals surface area (Å²) in [5, 5.41) is 13.8. The molecule has 1 unspecified atom stereocenters. The second-order valence-corrected chi connectivity index (χ2v) is 5.99. The zero-order chi connectivity index (χ0) is 15.5. The van der Waals surface area contributed by atoms with Gasteiger partial charge in [-0.1, -0.05) is 0 Å². The Balaban J connectivity index is 4.59. The number of urea groups is 1. The number of hydrogen-bond acceptors (Lipinski definition) is 5. The molecule has 2 atom stereocenters. The highest BCUT2D eigenvalue weighted by Gasteiger charge is 2.25. The highest BCUT2D eigenvalue weighted by molar-refractivity contribution is 7.98. The van der Waals surface area contributed by atoms with Crippen LogP contribution in [0.4, 0.5) is 4.79 Å². The Labute approximate surface area is 126 Å². The standard InChI is InChI=1S/C11H21N3O4S2/c1-19-5-3-7(14-11(12)18)9(15)13-8(10(16)17)4-6-20-2/h7-8H,3-6H2,1-2H3,(H,13,15)(H,16,17)(H3,12,14,18)/t7?,8-/m1/s1. The summed E-state index contributed by atoms with van der Waals surface area (Å²) in [6.45, 7) is 0. The smallest absolute Gasteiger partial charge is 0.326 e. The van der Waals surface area contributed by atoms with Gasteiger partial charge < -0.3 is 21.5 Å². The molecule has 0 aromatic heterocycles. The lowest BCUT2D eigenvalue weighted by Gasteiger charge is -2.20. The third kappa shape index (κ3) is 8.16. The Morgan fingerprint density at radius 1 is 1.05 bits per heavy atom. The topological polar surface area (TPSA) is 122 Å². The number of nitrogens with two attached hydrogens (primary N) is 1. The first-order valence-electron chi connectivity index (χ1n) is 5.99. The van der Waals surface area contributed by atoms with Crippen molar-refractivity contribution in [1.29, 1.82) is 0 Å². The summed E-state index contributed by atoms with van der Waals surface area (Å²) in [4.78, 5) is 33.9. The number of thioether (sulfide) groups is 2. The monoisotopic (exact) mass is 323 g/mol. The van der Waals surface area contributed by atoms with Crippen molar-refractivity contribution in [3.63, 3.8) is 0 Å². The third-order valence-corrected chi connectivity index (χ3v) is 3.76. The Morgan fingerprint density at radius 2 is 1.55 bits per heavy atom. The van der Waals surface area contributed by atoms with Crippen molar-refractivity contribution in [2.45, 2.75) is 24.9 Å². The van der Waals surface area contributed by atoms with E-state index in [1.54, 1.807) is 0 Å². The summed E-state index contributed by atoms with van der Waals surface area (Å²) in [5.74, 6) is -0.335. The van der Waals surface area contributed by atoms with Gasteiger partial charge in [0.25, 0.3) is 0 Å². The predicted octanol–water partition coefficient (Wildman–Crippen LogP) is 0.0989. The van der Waals surface area contributed by atoms with E-state index in [1.807, 2.05) is 12.5 Å². The molecule has 0 rings (SSSR count). The quantitative estimate of drug-likeness (QED) is 0.452. The zero-order valence-corrected chi connectivity index (χ0v) is 13.2. The van der Waals surface area contributed by atoms with Gasteiger partial charge in [-0.3, -0.25) is 4.79 Å². The number of aliphatic carboxylic acids is 1. The summed E-state index contributed by atoms with van der Waals surface area (Å²) in [6, 6.07) is -2.57. The number of hydrogen-bond donors (Lipinski definition) is 4. The minimum Gasteiger partial charge on any atom is -0.480 e. The van der Waals surface area contributed by atoms with Gasteiger partial charge in [0.05, 0.1) is 0 Å². The number of nitrogens with one attached hydrogen (secondary N) is 2. The average molecular weight is 323 g/mol. The van der Waals surface area contributed by atoms with Crippen LogP contribution in [0.25, 0.3) is 0 Å². The van der Waals surface area contributed by atoms with E-state index in [2.05, 4.69) is 10.6 Å². The highest BCUT2D eigenvalue weighted by Crippen LogP contribution is 2.04. The molecule has 9 heteroatoms. The van der Waals surface area contributed by atoms with Crippen molar-refractivity contribution >= 4 is 41.4 Å². The average Bonchev–Trinajstić information content (AvgIpc) is 2.38. The second kappa shape index (κ2) is 10.7. The Kier molecular flexibility index (Phi) is 10.1. The van der Waals surface area contributed by atoms with Gasteiger partial charge in [-0.05, 0) is 36.9 Å². The maximum Gasteiger partial charge on any atom is 0.326 e. The minimum atomic E-state index is -1.09. The van der Waals surface area contributed by atoms with Gasteiger partial charge in [-0.15, -0.1) is 0 Å². The fourth-order valence-electron chi connectivity index (χ4n) is 1.44. The molecular weight excluding hydrogens is 302 g/mol. The molecule has 0 heterocycles. The summed E-state index contributed by atoms with van der Waals surface area (Å²) in [6.07, 6.45) is 4.45. The van der Waals surface area contributed by atoms with Crippen LogP contribution in [0.15, 0.2) is 0 Å². The van der Waals surface area contributed by atoms with Gasteiger partial charge in [0.1, 0.15) is 12.1 Å². The number of amides is 3. The molecular formula is C11H21N3O4S2. The number of primary amides is 1. The molecule has 20 heavy (non-hydrogen) atoms. The van der Waals surface area contributed by atoms with Crippen LogP contribution in [0, 0.1) is 0 Å². The lowest BCUT2D eigenvalue weighted by Crippen LogP contribution is -2.53. The van der Waals surface area contributed by atoms with Crippen LogP contribution in [0.5, 0.6) is 0 Å². The van der Waals surface area contributed by atoms with Crippen molar-refractivity contribution in [2.24, 2.45) is 5.73 Å². The summed E-state index contributed by atoms with van der Waals surface area (Å²) in [7, 11) is 0. The molecule has 0 aromatic rings. The van der Waals surface area contributed by atoms with Crippen molar-refractivity contribution in [1.82, 2.24) is 10.6 Å². The Bertz CT molecular complexity index is 342. The van der Waals surface area contributed by atoms with Crippen LogP contribution in [0.2, 0.25) is 0 Å². The SMILES string of the molecule is CSCCC(NC(N)=O)C(=O)N[C@H](CCSC)C(=O)O. The molecule has 5 N–H and O–H groups in total. The second-order valence-electron chi connectivity index (χ2n) is 4.02. The van der Waals surface area contributed by atoms with Gasteiger partial charge in [-0.2, -0.15) is 23.5 Å². The maximum absolute atomic E-state index is 12.0. The normalized spacial score (nSPS) is 13.3. The summed E-state index contributed by atoms with van der Waals surface area (Å²) < 4.78 is 0. The summed E-state index contributed by atoms with van der Waals surface area (Å²) in [5.41, 5.74) is 5.02. The van der Waals surface area contributed by atoms with Crippen molar-refractivity contribution in [2.75, 3.05) is 24.0 Å². The van der Waals surface area contributed by atoms with E-state index in [9.17, 15) is 14.4 Å². The van der Waals surface area contributed by atoms with Gasteiger partial charge >= 0.3 is 12.0 Å². The van der Waals surface area contributed by atoms with Crippen LogP contribution >= 0.6 is 23.5 Å². The molecule has 7 nitrogen and oxygen atoms in total. The number of carboxylic acid groups (broad SMARTS) is 1. The summed E-state index contributed by atoms with van der Waals surface area (Å²) >= 11 is 3.02. The highest BCUT2D eigenvalue weighted by atomic mass is 32.2. The largest absolute Gasteiger partial charge is 0.480 e. The van der Waals surface area contributed by atoms with E-state index >= 15 is 0 Å². The molecule has 0 saturated carbocycles.